The lowest BCUT2D eigenvalue weighted by Gasteiger charge is -2.29. The van der Waals surface area contributed by atoms with E-state index in [0.717, 1.165) is 11.1 Å². The van der Waals surface area contributed by atoms with Gasteiger partial charge in [0.25, 0.3) is 0 Å². The summed E-state index contributed by atoms with van der Waals surface area (Å²) < 4.78 is 5.50. The second kappa shape index (κ2) is 7.93. The number of rotatable bonds is 6. The Hall–Kier alpha value is -2.13. The van der Waals surface area contributed by atoms with Crippen LogP contribution < -0.4 is 5.32 Å². The number of carbonyl (C=O) groups excluding carboxylic acids is 1. The van der Waals surface area contributed by atoms with E-state index in [1.165, 1.54) is 0 Å². The summed E-state index contributed by atoms with van der Waals surface area (Å²) in [5, 5.41) is 3.34. The minimum absolute atomic E-state index is 0.211. The van der Waals surface area contributed by atoms with Crippen LogP contribution in [0.15, 0.2) is 60.7 Å². The van der Waals surface area contributed by atoms with Gasteiger partial charge < -0.3 is 4.74 Å². The zero-order chi connectivity index (χ0) is 16.7. The van der Waals surface area contributed by atoms with E-state index in [9.17, 15) is 4.79 Å². The average Bonchev–Trinajstić information content (AvgIpc) is 2.54. The smallest absolute Gasteiger partial charge is 0.324 e. The standard InChI is InChI=1S/C20H25NO2/c1-20(2,3)18(21-14-16-10-6-4-7-11-16)19(22)23-15-17-12-8-5-9-13-17/h4-13,18,21H,14-15H2,1-3H3. The second-order valence-electron chi connectivity index (χ2n) is 6.76. The van der Waals surface area contributed by atoms with Crippen molar-refractivity contribution in [3.8, 4) is 0 Å². The molecule has 0 aliphatic heterocycles. The molecule has 1 atom stereocenters. The molecule has 3 heteroatoms. The summed E-state index contributed by atoms with van der Waals surface area (Å²) in [6.07, 6.45) is 0. The lowest BCUT2D eigenvalue weighted by Crippen LogP contribution is -2.47. The lowest BCUT2D eigenvalue weighted by atomic mass is 9.86. The third-order valence-corrected chi connectivity index (χ3v) is 3.68. The van der Waals surface area contributed by atoms with Crippen molar-refractivity contribution < 1.29 is 9.53 Å². The van der Waals surface area contributed by atoms with Crippen LogP contribution in [0.3, 0.4) is 0 Å². The summed E-state index contributed by atoms with van der Waals surface area (Å²) in [5.74, 6) is -0.211. The van der Waals surface area contributed by atoms with Gasteiger partial charge in [-0.1, -0.05) is 81.4 Å². The molecule has 0 saturated carbocycles. The highest BCUT2D eigenvalue weighted by Crippen LogP contribution is 2.21. The van der Waals surface area contributed by atoms with Gasteiger partial charge in [-0.2, -0.15) is 0 Å². The molecule has 2 rings (SSSR count). The molecule has 0 spiro atoms. The van der Waals surface area contributed by atoms with Crippen LogP contribution in [-0.4, -0.2) is 12.0 Å². The molecule has 1 N–H and O–H groups in total. The average molecular weight is 311 g/mol. The van der Waals surface area contributed by atoms with E-state index in [1.807, 2.05) is 81.4 Å². The van der Waals surface area contributed by atoms with E-state index in [0.29, 0.717) is 13.2 Å². The number of carbonyl (C=O) groups is 1. The highest BCUT2D eigenvalue weighted by atomic mass is 16.5. The normalized spacial score (nSPS) is 12.7. The van der Waals surface area contributed by atoms with Crippen molar-refractivity contribution in [3.05, 3.63) is 71.8 Å². The van der Waals surface area contributed by atoms with Crippen molar-refractivity contribution in [2.24, 2.45) is 5.41 Å². The molecule has 0 aliphatic carbocycles. The summed E-state index contributed by atoms with van der Waals surface area (Å²) in [4.78, 5) is 12.5. The molecule has 0 saturated heterocycles. The van der Waals surface area contributed by atoms with Crippen molar-refractivity contribution in [1.82, 2.24) is 5.32 Å². The monoisotopic (exact) mass is 311 g/mol. The molecular weight excluding hydrogens is 286 g/mol. The minimum Gasteiger partial charge on any atom is -0.460 e. The van der Waals surface area contributed by atoms with E-state index in [2.05, 4.69) is 5.32 Å². The summed E-state index contributed by atoms with van der Waals surface area (Å²) in [5.41, 5.74) is 1.93. The maximum absolute atomic E-state index is 12.5. The molecule has 0 aliphatic rings. The Morgan fingerprint density at radius 2 is 1.48 bits per heavy atom. The Balaban J connectivity index is 1.96. The molecule has 0 bridgehead atoms. The molecule has 122 valence electrons. The van der Waals surface area contributed by atoms with Gasteiger partial charge in [0, 0.05) is 6.54 Å². The zero-order valence-corrected chi connectivity index (χ0v) is 14.1. The van der Waals surface area contributed by atoms with Crippen LogP contribution in [0.25, 0.3) is 0 Å². The first-order valence-corrected chi connectivity index (χ1v) is 7.94. The summed E-state index contributed by atoms with van der Waals surface area (Å²) in [6.45, 7) is 7.07. The van der Waals surface area contributed by atoms with Gasteiger partial charge in [-0.05, 0) is 16.5 Å². The molecule has 0 radical (unpaired) electrons. The van der Waals surface area contributed by atoms with E-state index < -0.39 is 0 Å². The number of benzene rings is 2. The van der Waals surface area contributed by atoms with Gasteiger partial charge in [0.2, 0.25) is 0 Å². The third kappa shape index (κ3) is 5.53. The van der Waals surface area contributed by atoms with Crippen molar-refractivity contribution in [2.75, 3.05) is 0 Å². The maximum atomic E-state index is 12.5. The van der Waals surface area contributed by atoms with Crippen LogP contribution in [0.2, 0.25) is 0 Å². The van der Waals surface area contributed by atoms with Gasteiger partial charge >= 0.3 is 5.97 Å². The topological polar surface area (TPSA) is 38.3 Å². The Bertz CT molecular complexity index is 603. The van der Waals surface area contributed by atoms with E-state index in [-0.39, 0.29) is 17.4 Å². The van der Waals surface area contributed by atoms with Crippen molar-refractivity contribution in [3.63, 3.8) is 0 Å². The predicted molar refractivity (Wildman–Crippen MR) is 92.8 cm³/mol. The minimum atomic E-state index is -0.355. The van der Waals surface area contributed by atoms with E-state index >= 15 is 0 Å². The summed E-state index contributed by atoms with van der Waals surface area (Å²) in [6, 6.07) is 19.5. The molecule has 0 amide bonds. The SMILES string of the molecule is CC(C)(C)C(NCc1ccccc1)C(=O)OCc1ccccc1. The number of ether oxygens (including phenoxy) is 1. The molecule has 1 unspecified atom stereocenters. The van der Waals surface area contributed by atoms with Crippen LogP contribution in [-0.2, 0) is 22.7 Å². The Morgan fingerprint density at radius 3 is 2.00 bits per heavy atom. The Labute approximate surface area is 138 Å². The van der Waals surface area contributed by atoms with Gasteiger partial charge in [0.15, 0.2) is 0 Å². The van der Waals surface area contributed by atoms with Crippen molar-refractivity contribution >= 4 is 5.97 Å². The number of hydrogen-bond acceptors (Lipinski definition) is 3. The van der Waals surface area contributed by atoms with Crippen LogP contribution in [0, 0.1) is 5.41 Å². The van der Waals surface area contributed by atoms with Gasteiger partial charge in [-0.15, -0.1) is 0 Å². The fourth-order valence-corrected chi connectivity index (χ4v) is 2.37. The van der Waals surface area contributed by atoms with Crippen molar-refractivity contribution in [1.29, 1.82) is 0 Å². The maximum Gasteiger partial charge on any atom is 0.324 e. The quantitative estimate of drug-likeness (QED) is 0.821. The van der Waals surface area contributed by atoms with Crippen LogP contribution in [0.4, 0.5) is 0 Å². The molecule has 0 aromatic heterocycles. The first-order valence-electron chi connectivity index (χ1n) is 7.94. The molecule has 0 fully saturated rings. The molecular formula is C20H25NO2. The van der Waals surface area contributed by atoms with Crippen LogP contribution in [0.1, 0.15) is 31.9 Å². The largest absolute Gasteiger partial charge is 0.460 e. The number of esters is 1. The summed E-state index contributed by atoms with van der Waals surface area (Å²) >= 11 is 0. The fraction of sp³-hybridized carbons (Fsp3) is 0.350. The first kappa shape index (κ1) is 17.2. The van der Waals surface area contributed by atoms with E-state index in [4.69, 9.17) is 4.74 Å². The highest BCUT2D eigenvalue weighted by molar-refractivity contribution is 5.76. The molecule has 23 heavy (non-hydrogen) atoms. The van der Waals surface area contributed by atoms with Crippen LogP contribution >= 0.6 is 0 Å². The first-order chi connectivity index (χ1) is 11.0. The van der Waals surface area contributed by atoms with Crippen molar-refractivity contribution in [2.45, 2.75) is 40.0 Å². The van der Waals surface area contributed by atoms with Gasteiger partial charge in [-0.3, -0.25) is 10.1 Å². The summed E-state index contributed by atoms with van der Waals surface area (Å²) in [7, 11) is 0. The number of nitrogens with one attached hydrogen (secondary N) is 1. The van der Waals surface area contributed by atoms with Crippen LogP contribution in [0.5, 0.6) is 0 Å². The number of hydrogen-bond donors (Lipinski definition) is 1. The fourth-order valence-electron chi connectivity index (χ4n) is 2.37. The third-order valence-electron chi connectivity index (χ3n) is 3.68. The van der Waals surface area contributed by atoms with Gasteiger partial charge in [-0.25, -0.2) is 0 Å². The molecule has 0 heterocycles. The predicted octanol–water partition coefficient (Wildman–Crippen LogP) is 3.93. The zero-order valence-electron chi connectivity index (χ0n) is 14.1. The molecule has 3 nitrogen and oxygen atoms in total. The lowest BCUT2D eigenvalue weighted by molar-refractivity contribution is -0.150. The molecule has 2 aromatic carbocycles. The van der Waals surface area contributed by atoms with Gasteiger partial charge in [0.1, 0.15) is 12.6 Å². The Kier molecular flexibility index (Phi) is 5.94. The molecule has 2 aromatic rings. The Morgan fingerprint density at radius 1 is 0.957 bits per heavy atom. The van der Waals surface area contributed by atoms with Gasteiger partial charge in [0.05, 0.1) is 0 Å². The van der Waals surface area contributed by atoms with E-state index in [1.54, 1.807) is 0 Å². The highest BCUT2D eigenvalue weighted by Gasteiger charge is 2.32. The second-order valence-corrected chi connectivity index (χ2v) is 6.76.